The number of hydrogen-bond donors (Lipinski definition) is 0. The Bertz CT molecular complexity index is 1130. The van der Waals surface area contributed by atoms with Gasteiger partial charge >= 0.3 is 0 Å². The van der Waals surface area contributed by atoms with E-state index in [9.17, 15) is 9.18 Å². The van der Waals surface area contributed by atoms with Gasteiger partial charge in [0.2, 0.25) is 5.91 Å². The number of carbonyl (C=O) groups is 1. The van der Waals surface area contributed by atoms with Crippen LogP contribution in [0.4, 0.5) is 4.39 Å². The zero-order valence-electron chi connectivity index (χ0n) is 18.6. The van der Waals surface area contributed by atoms with Crippen molar-refractivity contribution in [3.05, 3.63) is 58.9 Å². The van der Waals surface area contributed by atoms with Gasteiger partial charge in [0.05, 0.1) is 17.9 Å². The Morgan fingerprint density at radius 2 is 2.00 bits per heavy atom. The molecule has 0 radical (unpaired) electrons. The van der Waals surface area contributed by atoms with Gasteiger partial charge in [-0.25, -0.2) is 4.39 Å². The van der Waals surface area contributed by atoms with Crippen LogP contribution in [-0.4, -0.2) is 45.5 Å². The first-order valence-corrected chi connectivity index (χ1v) is 12.2. The zero-order chi connectivity index (χ0) is 23.4. The number of halogens is 2. The van der Waals surface area contributed by atoms with E-state index in [0.29, 0.717) is 28.3 Å². The molecule has 3 aromatic rings. The van der Waals surface area contributed by atoms with Gasteiger partial charge in [-0.15, -0.1) is 10.2 Å². The number of benzene rings is 2. The largest absolute Gasteiger partial charge is 0.494 e. The first-order chi connectivity index (χ1) is 16.0. The van der Waals surface area contributed by atoms with E-state index < -0.39 is 5.82 Å². The molecule has 1 aromatic heterocycles. The molecule has 0 aliphatic heterocycles. The Kier molecular flexibility index (Phi) is 7.55. The molecule has 4 rings (SSSR count). The molecule has 0 unspecified atom stereocenters. The molecular formula is C24H26ClFN4O2S. The number of nitrogens with zero attached hydrogens (tertiary/aromatic N) is 4. The number of carbonyl (C=O) groups excluding carboxylic acids is 1. The number of hydrogen-bond acceptors (Lipinski definition) is 5. The van der Waals surface area contributed by atoms with Gasteiger partial charge in [-0.1, -0.05) is 54.4 Å². The minimum Gasteiger partial charge on any atom is -0.494 e. The van der Waals surface area contributed by atoms with Gasteiger partial charge in [0.25, 0.3) is 0 Å². The second kappa shape index (κ2) is 10.6. The van der Waals surface area contributed by atoms with Gasteiger partial charge in [0.1, 0.15) is 0 Å². The van der Waals surface area contributed by atoms with Crippen molar-refractivity contribution in [3.63, 3.8) is 0 Å². The average molecular weight is 489 g/mol. The van der Waals surface area contributed by atoms with Gasteiger partial charge in [-0.2, -0.15) is 0 Å². The van der Waals surface area contributed by atoms with Gasteiger partial charge in [0, 0.05) is 25.2 Å². The van der Waals surface area contributed by atoms with E-state index in [0.717, 1.165) is 37.1 Å². The smallest absolute Gasteiger partial charge is 0.233 e. The minimum absolute atomic E-state index is 0.0727. The van der Waals surface area contributed by atoms with E-state index in [1.54, 1.807) is 24.1 Å². The Labute approximate surface area is 202 Å². The van der Waals surface area contributed by atoms with Crippen molar-refractivity contribution < 1.29 is 13.9 Å². The standard InChI is InChI=1S/C24H26ClFN4O2S/c1-29(14-16-11-12-21(32-2)20(26)13-16)22(31)15-33-24-28-27-23(18-9-5-6-10-19(18)25)30(24)17-7-3-4-8-17/h5-6,9-13,17H,3-4,7-8,14-15H2,1-2H3. The molecule has 1 saturated carbocycles. The number of rotatable bonds is 8. The van der Waals surface area contributed by atoms with Crippen molar-refractivity contribution in [3.8, 4) is 17.1 Å². The van der Waals surface area contributed by atoms with Crippen LogP contribution in [0.1, 0.15) is 37.3 Å². The second-order valence-electron chi connectivity index (χ2n) is 8.10. The lowest BCUT2D eigenvalue weighted by molar-refractivity contribution is -0.127. The van der Waals surface area contributed by atoms with Crippen LogP contribution in [0.5, 0.6) is 5.75 Å². The lowest BCUT2D eigenvalue weighted by Gasteiger charge is -2.19. The van der Waals surface area contributed by atoms with Crippen molar-refractivity contribution >= 4 is 29.3 Å². The lowest BCUT2D eigenvalue weighted by atomic mass is 10.2. The fourth-order valence-corrected chi connectivity index (χ4v) is 5.27. The summed E-state index contributed by atoms with van der Waals surface area (Å²) in [4.78, 5) is 14.4. The zero-order valence-corrected chi connectivity index (χ0v) is 20.2. The molecule has 0 saturated heterocycles. The number of thioether (sulfide) groups is 1. The molecule has 1 aliphatic rings. The van der Waals surface area contributed by atoms with E-state index in [2.05, 4.69) is 14.8 Å². The van der Waals surface area contributed by atoms with Crippen molar-refractivity contribution in [2.45, 2.75) is 43.4 Å². The third-order valence-electron chi connectivity index (χ3n) is 5.86. The molecule has 0 spiro atoms. The van der Waals surface area contributed by atoms with Crippen molar-refractivity contribution in [1.29, 1.82) is 0 Å². The van der Waals surface area contributed by atoms with Crippen LogP contribution < -0.4 is 4.74 Å². The summed E-state index contributed by atoms with van der Waals surface area (Å²) in [7, 11) is 3.13. The summed E-state index contributed by atoms with van der Waals surface area (Å²) in [6.45, 7) is 0.306. The first kappa shape index (κ1) is 23.6. The Morgan fingerprint density at radius 3 is 2.70 bits per heavy atom. The fourth-order valence-electron chi connectivity index (χ4n) is 4.10. The Balaban J connectivity index is 1.48. The molecule has 0 atom stereocenters. The highest BCUT2D eigenvalue weighted by Crippen LogP contribution is 2.38. The highest BCUT2D eigenvalue weighted by molar-refractivity contribution is 7.99. The van der Waals surface area contributed by atoms with Crippen molar-refractivity contribution in [1.82, 2.24) is 19.7 Å². The van der Waals surface area contributed by atoms with Crippen LogP contribution in [0.25, 0.3) is 11.4 Å². The maximum atomic E-state index is 14.0. The molecule has 1 fully saturated rings. The van der Waals surface area contributed by atoms with Crippen molar-refractivity contribution in [2.24, 2.45) is 0 Å². The highest BCUT2D eigenvalue weighted by Gasteiger charge is 2.26. The number of amides is 1. The molecule has 33 heavy (non-hydrogen) atoms. The van der Waals surface area contributed by atoms with Crippen LogP contribution in [0.2, 0.25) is 5.02 Å². The highest BCUT2D eigenvalue weighted by atomic mass is 35.5. The van der Waals surface area contributed by atoms with E-state index in [1.165, 1.54) is 24.9 Å². The number of ether oxygens (including phenoxy) is 1. The summed E-state index contributed by atoms with van der Waals surface area (Å²) in [5.74, 6) is 0.620. The van der Waals surface area contributed by atoms with E-state index in [1.807, 2.05) is 24.3 Å². The summed E-state index contributed by atoms with van der Waals surface area (Å²) in [6, 6.07) is 12.6. The van der Waals surface area contributed by atoms with Gasteiger partial charge in [0.15, 0.2) is 22.5 Å². The maximum absolute atomic E-state index is 14.0. The van der Waals surface area contributed by atoms with E-state index >= 15 is 0 Å². The summed E-state index contributed by atoms with van der Waals surface area (Å²) >= 11 is 7.81. The predicted octanol–water partition coefficient (Wildman–Crippen LogP) is 5.61. The second-order valence-corrected chi connectivity index (χ2v) is 9.45. The van der Waals surface area contributed by atoms with Crippen LogP contribution in [0.15, 0.2) is 47.6 Å². The number of methoxy groups -OCH3 is 1. The summed E-state index contributed by atoms with van der Waals surface area (Å²) in [6.07, 6.45) is 4.43. The van der Waals surface area contributed by atoms with Crippen molar-refractivity contribution in [2.75, 3.05) is 19.9 Å². The first-order valence-electron chi connectivity index (χ1n) is 10.9. The van der Waals surface area contributed by atoms with E-state index in [-0.39, 0.29) is 17.4 Å². The molecule has 2 aromatic carbocycles. The lowest BCUT2D eigenvalue weighted by Crippen LogP contribution is -2.28. The molecule has 174 valence electrons. The molecular weight excluding hydrogens is 463 g/mol. The molecule has 9 heteroatoms. The number of aromatic nitrogens is 3. The quantitative estimate of drug-likeness (QED) is 0.385. The Morgan fingerprint density at radius 1 is 1.24 bits per heavy atom. The Hall–Kier alpha value is -2.58. The van der Waals surface area contributed by atoms with Crippen LogP contribution in [-0.2, 0) is 11.3 Å². The normalized spacial score (nSPS) is 13.9. The topological polar surface area (TPSA) is 60.2 Å². The molecule has 0 bridgehead atoms. The van der Waals surface area contributed by atoms with Gasteiger partial charge in [-0.05, 0) is 42.7 Å². The molecule has 0 N–H and O–H groups in total. The minimum atomic E-state index is -0.443. The summed E-state index contributed by atoms with van der Waals surface area (Å²) < 4.78 is 21.1. The SMILES string of the molecule is COc1ccc(CN(C)C(=O)CSc2nnc(-c3ccccc3Cl)n2C2CCCC2)cc1F. The molecule has 6 nitrogen and oxygen atoms in total. The average Bonchev–Trinajstić information content (AvgIpc) is 3.47. The fraction of sp³-hybridized carbons (Fsp3) is 0.375. The van der Waals surface area contributed by atoms with Crippen LogP contribution in [0, 0.1) is 5.82 Å². The summed E-state index contributed by atoms with van der Waals surface area (Å²) in [5.41, 5.74) is 1.54. The molecule has 1 aliphatic carbocycles. The van der Waals surface area contributed by atoms with Crippen LogP contribution in [0.3, 0.4) is 0 Å². The van der Waals surface area contributed by atoms with Crippen LogP contribution >= 0.6 is 23.4 Å². The molecule has 1 heterocycles. The van der Waals surface area contributed by atoms with Gasteiger partial charge < -0.3 is 9.64 Å². The molecule has 1 amide bonds. The summed E-state index contributed by atoms with van der Waals surface area (Å²) in [5, 5.41) is 10.2. The third kappa shape index (κ3) is 5.33. The van der Waals surface area contributed by atoms with Gasteiger partial charge in [-0.3, -0.25) is 9.36 Å². The van der Waals surface area contributed by atoms with E-state index in [4.69, 9.17) is 16.3 Å². The third-order valence-corrected chi connectivity index (χ3v) is 7.11. The maximum Gasteiger partial charge on any atom is 0.233 e. The monoisotopic (exact) mass is 488 g/mol. The predicted molar refractivity (Wildman–Crippen MR) is 128 cm³/mol.